The van der Waals surface area contributed by atoms with E-state index in [1.807, 2.05) is 0 Å². The third-order valence-electron chi connectivity index (χ3n) is 2.10. The molecule has 1 aromatic carbocycles. The van der Waals surface area contributed by atoms with Crippen molar-refractivity contribution < 1.29 is 4.39 Å². The Hall–Kier alpha value is -0.760. The summed E-state index contributed by atoms with van der Waals surface area (Å²) in [4.78, 5) is 0. The number of rotatable bonds is 4. The lowest BCUT2D eigenvalue weighted by atomic mass is 10.1. The number of hydrogen-bond donors (Lipinski definition) is 1. The maximum atomic E-state index is 13.0. The molecule has 1 rings (SSSR count). The van der Waals surface area contributed by atoms with Crippen LogP contribution in [0.25, 0.3) is 0 Å². The van der Waals surface area contributed by atoms with Crippen molar-refractivity contribution in [1.29, 1.82) is 0 Å². The molecule has 0 aliphatic carbocycles. The van der Waals surface area contributed by atoms with Crippen LogP contribution < -0.4 is 5.32 Å². The van der Waals surface area contributed by atoms with Crippen LogP contribution in [0.1, 0.15) is 27.2 Å². The van der Waals surface area contributed by atoms with Gasteiger partial charge in [0.15, 0.2) is 0 Å². The molecule has 1 N–H and O–H groups in total. The highest BCUT2D eigenvalue weighted by molar-refractivity contribution is 6.30. The summed E-state index contributed by atoms with van der Waals surface area (Å²) in [6.45, 7) is 6.41. The first-order valence-electron chi connectivity index (χ1n) is 5.20. The largest absolute Gasteiger partial charge is 0.382 e. The van der Waals surface area contributed by atoms with Crippen molar-refractivity contribution in [3.63, 3.8) is 0 Å². The van der Waals surface area contributed by atoms with E-state index in [9.17, 15) is 4.39 Å². The molecule has 0 saturated carbocycles. The summed E-state index contributed by atoms with van der Waals surface area (Å²) in [5, 5.41) is 3.66. The van der Waals surface area contributed by atoms with Crippen molar-refractivity contribution >= 4 is 17.3 Å². The molecule has 0 fully saturated rings. The highest BCUT2D eigenvalue weighted by Crippen LogP contribution is 2.19. The van der Waals surface area contributed by atoms with Gasteiger partial charge in [0, 0.05) is 16.8 Å². The number of anilines is 1. The van der Waals surface area contributed by atoms with Gasteiger partial charge in [-0.15, -0.1) is 0 Å². The SMILES string of the molecule is CC(C)CC(C)Nc1cc(F)cc(Cl)c1. The lowest BCUT2D eigenvalue weighted by Crippen LogP contribution is -2.17. The fourth-order valence-corrected chi connectivity index (χ4v) is 1.91. The molecule has 1 atom stereocenters. The van der Waals surface area contributed by atoms with Gasteiger partial charge >= 0.3 is 0 Å². The Morgan fingerprint density at radius 1 is 1.27 bits per heavy atom. The van der Waals surface area contributed by atoms with Crippen molar-refractivity contribution in [2.45, 2.75) is 33.2 Å². The Kier molecular flexibility index (Phi) is 4.40. The summed E-state index contributed by atoms with van der Waals surface area (Å²) in [7, 11) is 0. The highest BCUT2D eigenvalue weighted by Gasteiger charge is 2.06. The van der Waals surface area contributed by atoms with Crippen molar-refractivity contribution in [2.24, 2.45) is 5.92 Å². The molecule has 3 heteroatoms. The molecule has 0 saturated heterocycles. The number of halogens is 2. The number of hydrogen-bond acceptors (Lipinski definition) is 1. The third kappa shape index (κ3) is 4.52. The van der Waals surface area contributed by atoms with E-state index in [-0.39, 0.29) is 5.82 Å². The van der Waals surface area contributed by atoms with Gasteiger partial charge in [0.05, 0.1) is 0 Å². The predicted octanol–water partition coefficient (Wildman–Crippen LogP) is 4.33. The van der Waals surface area contributed by atoms with Crippen molar-refractivity contribution in [2.75, 3.05) is 5.32 Å². The molecule has 1 unspecified atom stereocenters. The second kappa shape index (κ2) is 5.36. The van der Waals surface area contributed by atoms with Gasteiger partial charge in [-0.25, -0.2) is 4.39 Å². The predicted molar refractivity (Wildman–Crippen MR) is 63.9 cm³/mol. The molecular weight excluding hydrogens is 213 g/mol. The van der Waals surface area contributed by atoms with E-state index in [0.717, 1.165) is 12.1 Å². The lowest BCUT2D eigenvalue weighted by molar-refractivity contribution is 0.539. The van der Waals surface area contributed by atoms with Gasteiger partial charge in [0.1, 0.15) is 5.82 Å². The molecule has 0 aliphatic heterocycles. The quantitative estimate of drug-likeness (QED) is 0.811. The molecule has 0 aliphatic rings. The summed E-state index contributed by atoms with van der Waals surface area (Å²) >= 11 is 5.76. The minimum absolute atomic E-state index is 0.304. The smallest absolute Gasteiger partial charge is 0.126 e. The van der Waals surface area contributed by atoms with Crippen LogP contribution in [0.4, 0.5) is 10.1 Å². The molecule has 1 aromatic rings. The molecule has 15 heavy (non-hydrogen) atoms. The Balaban J connectivity index is 2.63. The molecular formula is C12H17ClFN. The second-order valence-corrected chi connectivity index (χ2v) is 4.77. The lowest BCUT2D eigenvalue weighted by Gasteiger charge is -2.17. The first-order chi connectivity index (χ1) is 6.97. The monoisotopic (exact) mass is 229 g/mol. The third-order valence-corrected chi connectivity index (χ3v) is 2.32. The van der Waals surface area contributed by atoms with E-state index in [1.54, 1.807) is 6.07 Å². The topological polar surface area (TPSA) is 12.0 Å². The molecule has 0 spiro atoms. The maximum absolute atomic E-state index is 13.0. The zero-order valence-electron chi connectivity index (χ0n) is 9.35. The molecule has 0 heterocycles. The van der Waals surface area contributed by atoms with Gasteiger partial charge in [-0.3, -0.25) is 0 Å². The molecule has 84 valence electrons. The van der Waals surface area contributed by atoms with E-state index in [0.29, 0.717) is 17.0 Å². The van der Waals surface area contributed by atoms with Crippen LogP contribution in [0.2, 0.25) is 5.02 Å². The molecule has 0 aromatic heterocycles. The van der Waals surface area contributed by atoms with E-state index >= 15 is 0 Å². The molecule has 0 bridgehead atoms. The Labute approximate surface area is 95.6 Å². The average Bonchev–Trinajstić information content (AvgIpc) is 1.98. The number of nitrogens with one attached hydrogen (secondary N) is 1. The number of benzene rings is 1. The Bertz CT molecular complexity index is 305. The first kappa shape index (κ1) is 12.3. The fourth-order valence-electron chi connectivity index (χ4n) is 1.69. The standard InChI is InChI=1S/C12H17ClFN/c1-8(2)4-9(3)15-12-6-10(13)5-11(14)7-12/h5-9,15H,4H2,1-3H3. The fraction of sp³-hybridized carbons (Fsp3) is 0.500. The van der Waals surface area contributed by atoms with Gasteiger partial charge in [0.25, 0.3) is 0 Å². The van der Waals surface area contributed by atoms with E-state index in [2.05, 4.69) is 26.1 Å². The Morgan fingerprint density at radius 3 is 2.47 bits per heavy atom. The normalized spacial score (nSPS) is 12.9. The zero-order valence-corrected chi connectivity index (χ0v) is 10.1. The summed E-state index contributed by atoms with van der Waals surface area (Å²) in [6.07, 6.45) is 1.05. The molecule has 1 nitrogen and oxygen atoms in total. The van der Waals surface area contributed by atoms with E-state index in [1.165, 1.54) is 12.1 Å². The first-order valence-corrected chi connectivity index (χ1v) is 5.58. The van der Waals surface area contributed by atoms with Crippen LogP contribution in [0.5, 0.6) is 0 Å². The van der Waals surface area contributed by atoms with Crippen LogP contribution in [-0.2, 0) is 0 Å². The van der Waals surface area contributed by atoms with Crippen LogP contribution in [-0.4, -0.2) is 6.04 Å². The van der Waals surface area contributed by atoms with Gasteiger partial charge in [0.2, 0.25) is 0 Å². The molecule has 0 radical (unpaired) electrons. The maximum Gasteiger partial charge on any atom is 0.126 e. The Morgan fingerprint density at radius 2 is 1.93 bits per heavy atom. The zero-order chi connectivity index (χ0) is 11.4. The summed E-state index contributed by atoms with van der Waals surface area (Å²) < 4.78 is 13.0. The average molecular weight is 230 g/mol. The van der Waals surface area contributed by atoms with E-state index < -0.39 is 0 Å². The van der Waals surface area contributed by atoms with Gasteiger partial charge < -0.3 is 5.32 Å². The van der Waals surface area contributed by atoms with Crippen LogP contribution in [0.3, 0.4) is 0 Å². The highest BCUT2D eigenvalue weighted by atomic mass is 35.5. The summed E-state index contributed by atoms with van der Waals surface area (Å²) in [5.74, 6) is 0.318. The van der Waals surface area contributed by atoms with Crippen LogP contribution in [0.15, 0.2) is 18.2 Å². The van der Waals surface area contributed by atoms with Gasteiger partial charge in [-0.1, -0.05) is 25.4 Å². The minimum atomic E-state index is -0.304. The van der Waals surface area contributed by atoms with Crippen molar-refractivity contribution in [1.82, 2.24) is 0 Å². The van der Waals surface area contributed by atoms with Crippen molar-refractivity contribution in [3.05, 3.63) is 29.0 Å². The van der Waals surface area contributed by atoms with Crippen LogP contribution >= 0.6 is 11.6 Å². The summed E-state index contributed by atoms with van der Waals surface area (Å²) in [5.41, 5.74) is 0.744. The molecule has 0 amide bonds. The summed E-state index contributed by atoms with van der Waals surface area (Å²) in [6, 6.07) is 4.83. The van der Waals surface area contributed by atoms with Gasteiger partial charge in [-0.2, -0.15) is 0 Å². The second-order valence-electron chi connectivity index (χ2n) is 4.33. The minimum Gasteiger partial charge on any atom is -0.382 e. The van der Waals surface area contributed by atoms with E-state index in [4.69, 9.17) is 11.6 Å². The van der Waals surface area contributed by atoms with Gasteiger partial charge in [-0.05, 0) is 37.5 Å². The van der Waals surface area contributed by atoms with Crippen LogP contribution in [0, 0.1) is 11.7 Å². The van der Waals surface area contributed by atoms with Crippen molar-refractivity contribution in [3.8, 4) is 0 Å².